The molecule has 4 aromatic rings. The van der Waals surface area contributed by atoms with Gasteiger partial charge in [-0.3, -0.25) is 14.5 Å². The molecule has 182 valence electrons. The minimum Gasteiger partial charge on any atom is -0.452 e. The van der Waals surface area contributed by atoms with E-state index in [9.17, 15) is 22.8 Å². The number of carbonyl (C=O) groups is 2. The average molecular weight is 487 g/mol. The number of nitrogens with two attached hydrogens (primary N) is 1. The van der Waals surface area contributed by atoms with Gasteiger partial charge >= 0.3 is 12.3 Å². The summed E-state index contributed by atoms with van der Waals surface area (Å²) in [5, 5.41) is 7.37. The van der Waals surface area contributed by atoms with Crippen LogP contribution in [0.4, 0.5) is 23.8 Å². The van der Waals surface area contributed by atoms with Crippen molar-refractivity contribution in [2.45, 2.75) is 12.7 Å². The molecule has 4 rings (SSSR count). The number of nitrogens with zero attached hydrogens (tertiary/aromatic N) is 6. The van der Waals surface area contributed by atoms with Gasteiger partial charge in [-0.25, -0.2) is 19.8 Å². The molecule has 0 fully saturated rings. The van der Waals surface area contributed by atoms with Crippen LogP contribution in [0.15, 0.2) is 42.7 Å². The Bertz CT molecular complexity index is 1430. The van der Waals surface area contributed by atoms with Crippen LogP contribution < -0.4 is 5.73 Å². The monoisotopic (exact) mass is 487 g/mol. The van der Waals surface area contributed by atoms with Crippen LogP contribution in [0.3, 0.4) is 0 Å². The number of alkyl halides is 3. The molecular weight excluding hydrogens is 467 g/mol. The molecule has 0 aliphatic rings. The number of amides is 2. The van der Waals surface area contributed by atoms with Gasteiger partial charge in [0.2, 0.25) is 0 Å². The number of aromatic nitrogens is 4. The molecule has 0 aliphatic heterocycles. The van der Waals surface area contributed by atoms with Gasteiger partial charge in [0.05, 0.1) is 47.5 Å². The standard InChI is InChI=1S/C22H20F3N7O3/c1-30-18-15-8-12(4-7-17(15)29-19(26)16(18)10-28-30)20(33)32(31(2)21(34)35-3)11-14-6-5-13(9-27-14)22(23,24)25/h4-10H,11H2,1-3H3,(H2,26,29). The molecule has 3 heterocycles. The Morgan fingerprint density at radius 1 is 1.14 bits per heavy atom. The molecule has 0 atom stereocenters. The summed E-state index contributed by atoms with van der Waals surface area (Å²) in [5.41, 5.74) is 6.61. The molecule has 0 saturated carbocycles. The maximum atomic E-state index is 13.5. The Morgan fingerprint density at radius 3 is 2.51 bits per heavy atom. The predicted molar refractivity (Wildman–Crippen MR) is 120 cm³/mol. The minimum atomic E-state index is -4.55. The number of aryl methyl sites for hydroxylation is 1. The molecule has 2 amide bonds. The number of anilines is 1. The van der Waals surface area contributed by atoms with Crippen molar-refractivity contribution in [2.75, 3.05) is 19.9 Å². The Morgan fingerprint density at radius 2 is 1.89 bits per heavy atom. The van der Waals surface area contributed by atoms with Gasteiger partial charge in [0.25, 0.3) is 5.91 Å². The quantitative estimate of drug-likeness (QED) is 0.440. The third-order valence-electron chi connectivity index (χ3n) is 5.45. The molecule has 0 radical (unpaired) electrons. The number of halogens is 3. The Balaban J connectivity index is 1.75. The number of hydrogen-bond donors (Lipinski definition) is 1. The number of ether oxygens (including phenoxy) is 1. The minimum absolute atomic E-state index is 0.131. The third-order valence-corrected chi connectivity index (χ3v) is 5.45. The zero-order valence-electron chi connectivity index (χ0n) is 18.9. The smallest absolute Gasteiger partial charge is 0.428 e. The maximum Gasteiger partial charge on any atom is 0.428 e. The summed E-state index contributed by atoms with van der Waals surface area (Å²) in [6.07, 6.45) is -3.17. The lowest BCUT2D eigenvalue weighted by Gasteiger charge is -2.30. The van der Waals surface area contributed by atoms with Gasteiger partial charge in [-0.2, -0.15) is 18.3 Å². The average Bonchev–Trinajstić information content (AvgIpc) is 3.23. The number of hydrogen-bond acceptors (Lipinski definition) is 7. The molecule has 0 aliphatic carbocycles. The summed E-state index contributed by atoms with van der Waals surface area (Å²) in [7, 11) is 4.17. The van der Waals surface area contributed by atoms with E-state index in [0.717, 1.165) is 29.3 Å². The van der Waals surface area contributed by atoms with Gasteiger partial charge in [0.1, 0.15) is 5.82 Å². The predicted octanol–water partition coefficient (Wildman–Crippen LogP) is 3.37. The largest absolute Gasteiger partial charge is 0.452 e. The molecule has 0 saturated heterocycles. The number of methoxy groups -OCH3 is 1. The van der Waals surface area contributed by atoms with E-state index in [0.29, 0.717) is 33.8 Å². The normalized spacial score (nSPS) is 11.6. The van der Waals surface area contributed by atoms with Gasteiger partial charge in [-0.1, -0.05) is 0 Å². The fraction of sp³-hybridized carbons (Fsp3) is 0.227. The first kappa shape index (κ1) is 23.7. The number of carbonyl (C=O) groups excluding carboxylic acids is 2. The van der Waals surface area contributed by atoms with Gasteiger partial charge in [0.15, 0.2) is 0 Å². The summed E-state index contributed by atoms with van der Waals surface area (Å²) < 4.78 is 45.0. The zero-order chi connectivity index (χ0) is 25.5. The van der Waals surface area contributed by atoms with Crippen LogP contribution in [-0.4, -0.2) is 55.9 Å². The van der Waals surface area contributed by atoms with Crippen LogP contribution in [0.5, 0.6) is 0 Å². The summed E-state index contributed by atoms with van der Waals surface area (Å²) in [5.74, 6) is -0.325. The van der Waals surface area contributed by atoms with Crippen molar-refractivity contribution in [1.29, 1.82) is 0 Å². The highest BCUT2D eigenvalue weighted by Crippen LogP contribution is 2.30. The van der Waals surface area contributed by atoms with Crippen molar-refractivity contribution in [1.82, 2.24) is 29.8 Å². The van der Waals surface area contributed by atoms with Crippen molar-refractivity contribution in [3.05, 3.63) is 59.5 Å². The Labute approximate surface area is 196 Å². The van der Waals surface area contributed by atoms with E-state index in [4.69, 9.17) is 10.5 Å². The summed E-state index contributed by atoms with van der Waals surface area (Å²) >= 11 is 0. The molecular formula is C22H20F3N7O3. The molecule has 0 bridgehead atoms. The van der Waals surface area contributed by atoms with Crippen LogP contribution in [-0.2, 0) is 24.5 Å². The highest BCUT2D eigenvalue weighted by molar-refractivity contribution is 6.10. The second-order valence-electron chi connectivity index (χ2n) is 7.65. The molecule has 2 N–H and O–H groups in total. The summed E-state index contributed by atoms with van der Waals surface area (Å²) in [6.45, 7) is -0.290. The highest BCUT2D eigenvalue weighted by Gasteiger charge is 2.31. The van der Waals surface area contributed by atoms with Crippen LogP contribution >= 0.6 is 0 Å². The first-order valence-electron chi connectivity index (χ1n) is 10.2. The second kappa shape index (κ2) is 8.74. The van der Waals surface area contributed by atoms with E-state index in [2.05, 4.69) is 15.1 Å². The van der Waals surface area contributed by atoms with Gasteiger partial charge in [-0.15, -0.1) is 0 Å². The third kappa shape index (κ3) is 4.39. The van der Waals surface area contributed by atoms with Crippen LogP contribution in [0.25, 0.3) is 21.8 Å². The van der Waals surface area contributed by atoms with Crippen LogP contribution in [0.1, 0.15) is 21.6 Å². The molecule has 0 unspecified atom stereocenters. The number of benzene rings is 1. The van der Waals surface area contributed by atoms with Crippen molar-refractivity contribution >= 4 is 39.6 Å². The van der Waals surface area contributed by atoms with Gasteiger partial charge in [0, 0.05) is 31.2 Å². The van der Waals surface area contributed by atoms with E-state index < -0.39 is 23.7 Å². The van der Waals surface area contributed by atoms with Crippen LogP contribution in [0, 0.1) is 0 Å². The van der Waals surface area contributed by atoms with Crippen LogP contribution in [0.2, 0.25) is 0 Å². The van der Waals surface area contributed by atoms with E-state index in [1.165, 1.54) is 13.1 Å². The molecule has 0 spiro atoms. The summed E-state index contributed by atoms with van der Waals surface area (Å²) in [6, 6.07) is 6.71. The first-order chi connectivity index (χ1) is 16.5. The topological polar surface area (TPSA) is 119 Å². The number of pyridine rings is 2. The molecule has 3 aromatic heterocycles. The Kier molecular flexibility index (Phi) is 5.92. The lowest BCUT2D eigenvalue weighted by atomic mass is 10.1. The summed E-state index contributed by atoms with van der Waals surface area (Å²) in [4.78, 5) is 33.9. The molecule has 1 aromatic carbocycles. The van der Waals surface area contributed by atoms with Crippen molar-refractivity contribution in [2.24, 2.45) is 7.05 Å². The SMILES string of the molecule is COC(=O)N(C)N(Cc1ccc(C(F)(F)F)cn1)C(=O)c1ccc2nc(N)c3cnn(C)c3c2c1. The van der Waals surface area contributed by atoms with Crippen molar-refractivity contribution in [3.8, 4) is 0 Å². The van der Waals surface area contributed by atoms with Gasteiger partial charge < -0.3 is 10.5 Å². The van der Waals surface area contributed by atoms with E-state index in [-0.39, 0.29) is 17.8 Å². The maximum absolute atomic E-state index is 13.5. The number of rotatable bonds is 3. The van der Waals surface area contributed by atoms with Crippen molar-refractivity contribution < 1.29 is 27.5 Å². The van der Waals surface area contributed by atoms with Gasteiger partial charge in [-0.05, 0) is 30.3 Å². The lowest BCUT2D eigenvalue weighted by molar-refractivity contribution is -0.137. The molecule has 10 nitrogen and oxygen atoms in total. The first-order valence-corrected chi connectivity index (χ1v) is 10.2. The second-order valence-corrected chi connectivity index (χ2v) is 7.65. The number of hydrazine groups is 1. The number of fused-ring (bicyclic) bond motifs is 3. The highest BCUT2D eigenvalue weighted by atomic mass is 19.4. The lowest BCUT2D eigenvalue weighted by Crippen LogP contribution is -2.47. The Hall–Kier alpha value is -4.42. The van der Waals surface area contributed by atoms with E-state index in [1.807, 2.05) is 0 Å². The fourth-order valence-electron chi connectivity index (χ4n) is 3.62. The fourth-order valence-corrected chi connectivity index (χ4v) is 3.62. The van der Waals surface area contributed by atoms with E-state index >= 15 is 0 Å². The van der Waals surface area contributed by atoms with Crippen molar-refractivity contribution in [3.63, 3.8) is 0 Å². The molecule has 13 heteroatoms. The zero-order valence-corrected chi connectivity index (χ0v) is 18.9. The molecule has 35 heavy (non-hydrogen) atoms. The number of nitrogen functional groups attached to an aromatic ring is 1. The van der Waals surface area contributed by atoms with E-state index in [1.54, 1.807) is 30.1 Å².